The molecule has 0 unspecified atom stereocenters. The van der Waals surface area contributed by atoms with Gasteiger partial charge in [0.1, 0.15) is 0 Å². The van der Waals surface area contributed by atoms with E-state index in [1.807, 2.05) is 25.1 Å². The van der Waals surface area contributed by atoms with E-state index in [1.54, 1.807) is 6.08 Å². The summed E-state index contributed by atoms with van der Waals surface area (Å²) in [6.07, 6.45) is 1.75. The topological polar surface area (TPSA) is 85.4 Å². The Balaban J connectivity index is 1.49. The van der Waals surface area contributed by atoms with Gasteiger partial charge in [-0.2, -0.15) is 0 Å². The van der Waals surface area contributed by atoms with Gasteiger partial charge in [-0.1, -0.05) is 35.2 Å². The lowest BCUT2D eigenvalue weighted by Crippen LogP contribution is -2.30. The van der Waals surface area contributed by atoms with Gasteiger partial charge >= 0.3 is 0 Å². The highest BCUT2D eigenvalue weighted by atomic mass is 32.2. The van der Waals surface area contributed by atoms with Gasteiger partial charge in [0, 0.05) is 13.1 Å². The van der Waals surface area contributed by atoms with Gasteiger partial charge in [-0.05, 0) is 24.6 Å². The molecule has 1 aromatic carbocycles. The van der Waals surface area contributed by atoms with Crippen molar-refractivity contribution < 1.29 is 14.3 Å². The molecule has 0 fully saturated rings. The van der Waals surface area contributed by atoms with Crippen LogP contribution in [0.15, 0.2) is 35.2 Å². The molecule has 7 nitrogen and oxygen atoms in total. The summed E-state index contributed by atoms with van der Waals surface area (Å²) in [5, 5.41) is 14.5. The third-order valence-corrected chi connectivity index (χ3v) is 5.42. The zero-order chi connectivity index (χ0) is 17.6. The number of anilines is 1. The first kappa shape index (κ1) is 17.6. The van der Waals surface area contributed by atoms with Gasteiger partial charge in [0.05, 0.1) is 5.25 Å². The number of ether oxygens (including phenoxy) is 2. The van der Waals surface area contributed by atoms with E-state index in [0.29, 0.717) is 18.8 Å². The quantitative estimate of drug-likeness (QED) is 0.539. The maximum atomic E-state index is 12.3. The zero-order valence-corrected chi connectivity index (χ0v) is 15.3. The van der Waals surface area contributed by atoms with Crippen LogP contribution in [0.25, 0.3) is 0 Å². The Bertz CT molecular complexity index is 766. The van der Waals surface area contributed by atoms with Crippen molar-refractivity contribution in [2.45, 2.75) is 23.1 Å². The van der Waals surface area contributed by atoms with Crippen LogP contribution in [0.1, 0.15) is 12.5 Å². The maximum Gasteiger partial charge on any atom is 0.233 e. The van der Waals surface area contributed by atoms with Crippen molar-refractivity contribution in [3.05, 3.63) is 36.4 Å². The summed E-state index contributed by atoms with van der Waals surface area (Å²) >= 11 is 2.80. The van der Waals surface area contributed by atoms with Crippen LogP contribution in [-0.4, -0.2) is 34.7 Å². The van der Waals surface area contributed by atoms with Crippen LogP contribution in [0, 0.1) is 0 Å². The Labute approximate surface area is 153 Å². The lowest BCUT2D eigenvalue weighted by Gasteiger charge is -2.10. The lowest BCUT2D eigenvalue weighted by molar-refractivity contribution is -0.120. The number of nitrogens with zero attached hydrogens (tertiary/aromatic N) is 2. The van der Waals surface area contributed by atoms with Crippen molar-refractivity contribution in [3.8, 4) is 11.5 Å². The predicted octanol–water partition coefficient (Wildman–Crippen LogP) is 2.66. The van der Waals surface area contributed by atoms with Crippen molar-refractivity contribution in [3.63, 3.8) is 0 Å². The van der Waals surface area contributed by atoms with E-state index in [9.17, 15) is 4.79 Å². The molecule has 9 heteroatoms. The minimum absolute atomic E-state index is 0.0570. The van der Waals surface area contributed by atoms with Crippen molar-refractivity contribution in [1.29, 1.82) is 0 Å². The molecule has 0 bridgehead atoms. The summed E-state index contributed by atoms with van der Waals surface area (Å²) in [7, 11) is 0. The number of hydrogen-bond donors (Lipinski definition) is 2. The number of fused-ring (bicyclic) bond motifs is 1. The van der Waals surface area contributed by atoms with Crippen molar-refractivity contribution in [2.75, 3.05) is 18.7 Å². The third kappa shape index (κ3) is 4.64. The number of amides is 1. The van der Waals surface area contributed by atoms with Crippen LogP contribution in [0.5, 0.6) is 11.5 Å². The summed E-state index contributed by atoms with van der Waals surface area (Å²) < 4.78 is 11.4. The minimum Gasteiger partial charge on any atom is -0.454 e. The van der Waals surface area contributed by atoms with E-state index in [-0.39, 0.29) is 18.0 Å². The maximum absolute atomic E-state index is 12.3. The highest BCUT2D eigenvalue weighted by molar-refractivity contribution is 8.02. The molecule has 2 N–H and O–H groups in total. The zero-order valence-electron chi connectivity index (χ0n) is 13.7. The molecular weight excluding hydrogens is 360 g/mol. The monoisotopic (exact) mass is 378 g/mol. The second kappa shape index (κ2) is 8.21. The third-order valence-electron chi connectivity index (χ3n) is 3.35. The van der Waals surface area contributed by atoms with E-state index in [0.717, 1.165) is 20.8 Å². The van der Waals surface area contributed by atoms with Crippen molar-refractivity contribution in [2.24, 2.45) is 0 Å². The standard InChI is InChI=1S/C16H18N4O3S2/c1-3-6-17-15-19-20-16(25-15)24-10(2)14(21)18-8-11-4-5-12-13(7-11)23-9-22-12/h3-5,7,10H,1,6,8-9H2,2H3,(H,17,19)(H,18,21)/t10-/m1/s1. The fraction of sp³-hybridized carbons (Fsp3) is 0.312. The number of carbonyl (C=O) groups excluding carboxylic acids is 1. The largest absolute Gasteiger partial charge is 0.454 e. The average molecular weight is 378 g/mol. The molecular formula is C16H18N4O3S2. The normalized spacial score (nSPS) is 13.3. The summed E-state index contributed by atoms with van der Waals surface area (Å²) in [4.78, 5) is 12.3. The number of rotatable bonds is 8. The van der Waals surface area contributed by atoms with Gasteiger partial charge in [-0.15, -0.1) is 16.8 Å². The fourth-order valence-corrected chi connectivity index (χ4v) is 4.00. The Hall–Kier alpha value is -2.26. The van der Waals surface area contributed by atoms with Crippen LogP contribution in [0.4, 0.5) is 5.13 Å². The second-order valence-corrected chi connectivity index (χ2v) is 7.77. The molecule has 0 aliphatic carbocycles. The van der Waals surface area contributed by atoms with Crippen LogP contribution in [0.3, 0.4) is 0 Å². The van der Waals surface area contributed by atoms with Crippen LogP contribution in [-0.2, 0) is 11.3 Å². The minimum atomic E-state index is -0.269. The predicted molar refractivity (Wildman–Crippen MR) is 98.3 cm³/mol. The first-order valence-corrected chi connectivity index (χ1v) is 9.36. The number of nitrogens with one attached hydrogen (secondary N) is 2. The van der Waals surface area contributed by atoms with E-state index >= 15 is 0 Å². The molecule has 1 aliphatic rings. The summed E-state index contributed by atoms with van der Waals surface area (Å²) in [5.74, 6) is 1.39. The number of thioether (sulfide) groups is 1. The second-order valence-electron chi connectivity index (χ2n) is 5.21. The number of aromatic nitrogens is 2. The molecule has 1 atom stereocenters. The molecule has 1 aromatic heterocycles. The summed E-state index contributed by atoms with van der Waals surface area (Å²) in [6.45, 7) is 6.79. The molecule has 3 rings (SSSR count). The SMILES string of the molecule is C=CCNc1nnc(S[C@H](C)C(=O)NCc2ccc3c(c2)OCO3)s1. The van der Waals surface area contributed by atoms with Gasteiger partial charge in [-0.25, -0.2) is 0 Å². The molecule has 0 saturated carbocycles. The molecule has 1 amide bonds. The highest BCUT2D eigenvalue weighted by Gasteiger charge is 2.18. The van der Waals surface area contributed by atoms with Crippen LogP contribution < -0.4 is 20.1 Å². The van der Waals surface area contributed by atoms with Gasteiger partial charge < -0.3 is 20.1 Å². The van der Waals surface area contributed by atoms with Crippen LogP contribution in [0.2, 0.25) is 0 Å². The average Bonchev–Trinajstić information content (AvgIpc) is 3.26. The first-order valence-electron chi connectivity index (χ1n) is 7.67. The van der Waals surface area contributed by atoms with Crippen molar-refractivity contribution >= 4 is 34.1 Å². The molecule has 132 valence electrons. The number of hydrogen-bond acceptors (Lipinski definition) is 8. The Kier molecular flexibility index (Phi) is 5.77. The first-order chi connectivity index (χ1) is 12.2. The Morgan fingerprint density at radius 2 is 2.28 bits per heavy atom. The van der Waals surface area contributed by atoms with Gasteiger partial charge in [-0.3, -0.25) is 4.79 Å². The molecule has 1 aliphatic heterocycles. The molecule has 25 heavy (non-hydrogen) atoms. The molecule has 0 spiro atoms. The number of benzene rings is 1. The van der Waals surface area contributed by atoms with E-state index in [2.05, 4.69) is 27.4 Å². The molecule has 0 saturated heterocycles. The van der Waals surface area contributed by atoms with Gasteiger partial charge in [0.2, 0.25) is 17.8 Å². The van der Waals surface area contributed by atoms with E-state index in [1.165, 1.54) is 23.1 Å². The molecule has 0 radical (unpaired) electrons. The van der Waals surface area contributed by atoms with Crippen LogP contribution >= 0.6 is 23.1 Å². The van der Waals surface area contributed by atoms with Gasteiger partial charge in [0.15, 0.2) is 15.8 Å². The number of carbonyl (C=O) groups is 1. The Morgan fingerprint density at radius 3 is 3.12 bits per heavy atom. The summed E-state index contributed by atoms with van der Waals surface area (Å²) in [5.41, 5.74) is 0.960. The molecule has 2 aromatic rings. The highest BCUT2D eigenvalue weighted by Crippen LogP contribution is 2.32. The fourth-order valence-electron chi connectivity index (χ4n) is 2.08. The smallest absolute Gasteiger partial charge is 0.233 e. The molecule has 2 heterocycles. The lowest BCUT2D eigenvalue weighted by atomic mass is 10.2. The van der Waals surface area contributed by atoms with E-state index in [4.69, 9.17) is 9.47 Å². The van der Waals surface area contributed by atoms with Crippen molar-refractivity contribution in [1.82, 2.24) is 15.5 Å². The summed E-state index contributed by atoms with van der Waals surface area (Å²) in [6, 6.07) is 5.64. The Morgan fingerprint density at radius 1 is 1.44 bits per heavy atom. The van der Waals surface area contributed by atoms with E-state index < -0.39 is 0 Å². The van der Waals surface area contributed by atoms with Gasteiger partial charge in [0.25, 0.3) is 0 Å².